The fourth-order valence-corrected chi connectivity index (χ4v) is 2.03. The van der Waals surface area contributed by atoms with E-state index >= 15 is 0 Å². The van der Waals surface area contributed by atoms with Crippen LogP contribution in [0.5, 0.6) is 0 Å². The average molecular weight is 203 g/mol. The summed E-state index contributed by atoms with van der Waals surface area (Å²) < 4.78 is 0. The van der Waals surface area contributed by atoms with Crippen molar-refractivity contribution in [1.29, 1.82) is 0 Å². The second-order valence-corrected chi connectivity index (χ2v) is 4.77. The van der Waals surface area contributed by atoms with E-state index in [0.29, 0.717) is 6.04 Å². The summed E-state index contributed by atoms with van der Waals surface area (Å²) in [5, 5.41) is 3.56. The monoisotopic (exact) mass is 203 g/mol. The summed E-state index contributed by atoms with van der Waals surface area (Å²) in [5.74, 6) is 1.00. The van der Waals surface area contributed by atoms with Crippen molar-refractivity contribution in [3.63, 3.8) is 0 Å². The molecule has 1 heteroatoms. The molecular formula is C14H21N. The first-order valence-electron chi connectivity index (χ1n) is 6.13. The third kappa shape index (κ3) is 3.26. The zero-order valence-corrected chi connectivity index (χ0v) is 9.79. The third-order valence-electron chi connectivity index (χ3n) is 3.16. The van der Waals surface area contributed by atoms with Crippen LogP contribution in [0.2, 0.25) is 0 Å². The van der Waals surface area contributed by atoms with Gasteiger partial charge in [-0.25, -0.2) is 0 Å². The van der Waals surface area contributed by atoms with Crippen molar-refractivity contribution in [3.8, 4) is 0 Å². The minimum Gasteiger partial charge on any atom is -0.383 e. The highest BCUT2D eigenvalue weighted by molar-refractivity contribution is 5.45. The van der Waals surface area contributed by atoms with Gasteiger partial charge in [0, 0.05) is 11.7 Å². The molecule has 1 unspecified atom stereocenters. The lowest BCUT2D eigenvalue weighted by Gasteiger charge is -2.14. The van der Waals surface area contributed by atoms with E-state index in [1.807, 2.05) is 0 Å². The standard InChI is InChI=1S/C14H21N/c1-3-12-6-8-14(9-7-12)15-11(2)10-13-4-5-13/h6-9,11,13,15H,3-5,10H2,1-2H3. The molecule has 1 fully saturated rings. The fraction of sp³-hybridized carbons (Fsp3) is 0.571. The number of nitrogens with one attached hydrogen (secondary N) is 1. The Labute approximate surface area is 92.9 Å². The maximum Gasteiger partial charge on any atom is 0.0342 e. The fourth-order valence-electron chi connectivity index (χ4n) is 2.03. The summed E-state index contributed by atoms with van der Waals surface area (Å²) in [6.07, 6.45) is 5.34. The molecule has 1 N–H and O–H groups in total. The molecule has 15 heavy (non-hydrogen) atoms. The lowest BCUT2D eigenvalue weighted by atomic mass is 10.1. The second kappa shape index (κ2) is 4.69. The molecule has 1 aromatic rings. The van der Waals surface area contributed by atoms with Gasteiger partial charge in [-0.05, 0) is 43.4 Å². The first-order chi connectivity index (χ1) is 7.28. The molecule has 0 spiro atoms. The summed E-state index contributed by atoms with van der Waals surface area (Å²) in [6, 6.07) is 9.44. The molecule has 1 aromatic carbocycles. The highest BCUT2D eigenvalue weighted by atomic mass is 14.9. The summed E-state index contributed by atoms with van der Waals surface area (Å²) in [4.78, 5) is 0. The Kier molecular flexibility index (Phi) is 3.30. The van der Waals surface area contributed by atoms with Gasteiger partial charge in [0.15, 0.2) is 0 Å². The average Bonchev–Trinajstić information content (AvgIpc) is 3.03. The van der Waals surface area contributed by atoms with Crippen LogP contribution in [0.15, 0.2) is 24.3 Å². The minimum atomic E-state index is 0.616. The summed E-state index contributed by atoms with van der Waals surface area (Å²) in [6.45, 7) is 4.48. The number of aryl methyl sites for hydroxylation is 1. The first kappa shape index (κ1) is 10.5. The van der Waals surface area contributed by atoms with Crippen molar-refractivity contribution in [2.24, 2.45) is 5.92 Å². The number of anilines is 1. The molecule has 2 rings (SSSR count). The van der Waals surface area contributed by atoms with E-state index in [1.54, 1.807) is 0 Å². The molecule has 1 aliphatic rings. The number of benzene rings is 1. The van der Waals surface area contributed by atoms with E-state index in [4.69, 9.17) is 0 Å². The quantitative estimate of drug-likeness (QED) is 0.766. The normalized spacial score (nSPS) is 17.5. The summed E-state index contributed by atoms with van der Waals surface area (Å²) in [7, 11) is 0. The van der Waals surface area contributed by atoms with Crippen molar-refractivity contribution >= 4 is 5.69 Å². The maximum atomic E-state index is 3.56. The molecule has 1 nitrogen and oxygen atoms in total. The van der Waals surface area contributed by atoms with Crippen LogP contribution in [0.25, 0.3) is 0 Å². The van der Waals surface area contributed by atoms with Gasteiger partial charge in [0.2, 0.25) is 0 Å². The van der Waals surface area contributed by atoms with Crippen molar-refractivity contribution in [3.05, 3.63) is 29.8 Å². The van der Waals surface area contributed by atoms with Crippen molar-refractivity contribution < 1.29 is 0 Å². The lowest BCUT2D eigenvalue weighted by Crippen LogP contribution is -2.15. The third-order valence-corrected chi connectivity index (χ3v) is 3.16. The molecule has 0 aliphatic heterocycles. The number of hydrogen-bond donors (Lipinski definition) is 1. The maximum absolute atomic E-state index is 3.56. The zero-order valence-electron chi connectivity index (χ0n) is 9.79. The van der Waals surface area contributed by atoms with Gasteiger partial charge in [-0.3, -0.25) is 0 Å². The Balaban J connectivity index is 1.85. The Bertz CT molecular complexity index is 298. The van der Waals surface area contributed by atoms with Gasteiger partial charge >= 0.3 is 0 Å². The molecule has 0 heterocycles. The van der Waals surface area contributed by atoms with Crippen LogP contribution in [0.3, 0.4) is 0 Å². The predicted molar refractivity (Wildman–Crippen MR) is 66.2 cm³/mol. The van der Waals surface area contributed by atoms with Gasteiger partial charge < -0.3 is 5.32 Å². The number of hydrogen-bond acceptors (Lipinski definition) is 1. The van der Waals surface area contributed by atoms with Crippen LogP contribution in [0, 0.1) is 5.92 Å². The van der Waals surface area contributed by atoms with E-state index in [-0.39, 0.29) is 0 Å². The van der Waals surface area contributed by atoms with E-state index in [0.717, 1.165) is 12.3 Å². The van der Waals surface area contributed by atoms with Gasteiger partial charge in [0.1, 0.15) is 0 Å². The summed E-state index contributed by atoms with van der Waals surface area (Å²) in [5.41, 5.74) is 2.68. The number of rotatable bonds is 5. The highest BCUT2D eigenvalue weighted by Gasteiger charge is 2.23. The Hall–Kier alpha value is -0.980. The SMILES string of the molecule is CCc1ccc(NC(C)CC2CC2)cc1. The van der Waals surface area contributed by atoms with Crippen LogP contribution < -0.4 is 5.32 Å². The van der Waals surface area contributed by atoms with E-state index in [1.165, 1.54) is 30.5 Å². The van der Waals surface area contributed by atoms with Gasteiger partial charge in [-0.2, -0.15) is 0 Å². The van der Waals surface area contributed by atoms with Crippen molar-refractivity contribution in [2.45, 2.75) is 45.6 Å². The molecule has 0 radical (unpaired) electrons. The zero-order chi connectivity index (χ0) is 10.7. The van der Waals surface area contributed by atoms with E-state index < -0.39 is 0 Å². The van der Waals surface area contributed by atoms with Crippen LogP contribution in [-0.2, 0) is 6.42 Å². The van der Waals surface area contributed by atoms with Crippen molar-refractivity contribution in [2.75, 3.05) is 5.32 Å². The van der Waals surface area contributed by atoms with Crippen molar-refractivity contribution in [1.82, 2.24) is 0 Å². The molecule has 82 valence electrons. The Morgan fingerprint density at radius 3 is 2.47 bits per heavy atom. The molecule has 0 saturated heterocycles. The largest absolute Gasteiger partial charge is 0.383 e. The molecule has 1 saturated carbocycles. The van der Waals surface area contributed by atoms with E-state index in [2.05, 4.69) is 43.4 Å². The molecule has 1 atom stereocenters. The van der Waals surface area contributed by atoms with Gasteiger partial charge in [0.25, 0.3) is 0 Å². The molecule has 1 aliphatic carbocycles. The topological polar surface area (TPSA) is 12.0 Å². The Morgan fingerprint density at radius 1 is 1.27 bits per heavy atom. The molecule has 0 aromatic heterocycles. The highest BCUT2D eigenvalue weighted by Crippen LogP contribution is 2.34. The molecule has 0 bridgehead atoms. The molecule has 0 amide bonds. The summed E-state index contributed by atoms with van der Waals surface area (Å²) >= 11 is 0. The van der Waals surface area contributed by atoms with Crippen LogP contribution in [0.1, 0.15) is 38.7 Å². The minimum absolute atomic E-state index is 0.616. The lowest BCUT2D eigenvalue weighted by molar-refractivity contribution is 0.642. The van der Waals surface area contributed by atoms with Gasteiger partial charge in [0.05, 0.1) is 0 Å². The predicted octanol–water partition coefficient (Wildman–Crippen LogP) is 3.85. The van der Waals surface area contributed by atoms with Crippen LogP contribution in [0.4, 0.5) is 5.69 Å². The van der Waals surface area contributed by atoms with Crippen LogP contribution in [-0.4, -0.2) is 6.04 Å². The van der Waals surface area contributed by atoms with Crippen LogP contribution >= 0.6 is 0 Å². The molecular weight excluding hydrogens is 182 g/mol. The smallest absolute Gasteiger partial charge is 0.0342 e. The van der Waals surface area contributed by atoms with E-state index in [9.17, 15) is 0 Å². The first-order valence-corrected chi connectivity index (χ1v) is 6.13. The second-order valence-electron chi connectivity index (χ2n) is 4.77. The Morgan fingerprint density at radius 2 is 1.93 bits per heavy atom. The van der Waals surface area contributed by atoms with Gasteiger partial charge in [-0.1, -0.05) is 31.9 Å². The van der Waals surface area contributed by atoms with Gasteiger partial charge in [-0.15, -0.1) is 0 Å².